The summed E-state index contributed by atoms with van der Waals surface area (Å²) in [6.07, 6.45) is -0.216. The minimum absolute atomic E-state index is 0.0571. The highest BCUT2D eigenvalue weighted by Gasteiger charge is 2.20. The second-order valence-electron chi connectivity index (χ2n) is 4.19. The van der Waals surface area contributed by atoms with Gasteiger partial charge in [0, 0.05) is 6.54 Å². The van der Waals surface area contributed by atoms with Crippen LogP contribution in [-0.2, 0) is 4.79 Å². The average molecular weight is 294 g/mol. The lowest BCUT2D eigenvalue weighted by molar-refractivity contribution is -0.139. The zero-order valence-corrected chi connectivity index (χ0v) is 11.4. The number of nitrogens with zero attached hydrogens (tertiary/aromatic N) is 1. The van der Waals surface area contributed by atoms with Crippen molar-refractivity contribution in [2.24, 2.45) is 16.5 Å². The van der Waals surface area contributed by atoms with E-state index in [0.717, 1.165) is 0 Å². The third kappa shape index (κ3) is 6.81. The summed E-state index contributed by atoms with van der Waals surface area (Å²) < 4.78 is 4.96. The van der Waals surface area contributed by atoms with Crippen LogP contribution in [0, 0.1) is 0 Å². The molecule has 1 rings (SSSR count). The summed E-state index contributed by atoms with van der Waals surface area (Å²) in [4.78, 5) is 26.4. The number of nitrogens with two attached hydrogens (primary N) is 2. The Hall–Kier alpha value is -2.77. The number of benzene rings is 1. The van der Waals surface area contributed by atoms with E-state index < -0.39 is 18.1 Å². The highest BCUT2D eigenvalue weighted by Crippen LogP contribution is 2.08. The highest BCUT2D eigenvalue weighted by atomic mass is 16.6. The van der Waals surface area contributed by atoms with Crippen molar-refractivity contribution in [3.05, 3.63) is 30.3 Å². The van der Waals surface area contributed by atoms with Gasteiger partial charge in [-0.05, 0) is 25.0 Å². The SMILES string of the molecule is NC(N)=NCCCC(NC(=O)Oc1ccccc1)C(=O)O. The van der Waals surface area contributed by atoms with Crippen LogP contribution >= 0.6 is 0 Å². The zero-order chi connectivity index (χ0) is 15.7. The minimum Gasteiger partial charge on any atom is -0.480 e. The van der Waals surface area contributed by atoms with Gasteiger partial charge in [0.15, 0.2) is 5.96 Å². The molecule has 0 saturated carbocycles. The fourth-order valence-electron chi connectivity index (χ4n) is 1.53. The van der Waals surface area contributed by atoms with Gasteiger partial charge in [-0.2, -0.15) is 0 Å². The van der Waals surface area contributed by atoms with Crippen molar-refractivity contribution in [3.8, 4) is 5.75 Å². The molecule has 0 spiro atoms. The Morgan fingerprint density at radius 2 is 1.95 bits per heavy atom. The van der Waals surface area contributed by atoms with Gasteiger partial charge in [-0.15, -0.1) is 0 Å². The fourth-order valence-corrected chi connectivity index (χ4v) is 1.53. The van der Waals surface area contributed by atoms with E-state index in [9.17, 15) is 9.59 Å². The predicted molar refractivity (Wildman–Crippen MR) is 76.9 cm³/mol. The Kier molecular flexibility index (Phi) is 6.52. The fraction of sp³-hybridized carbons (Fsp3) is 0.308. The molecule has 21 heavy (non-hydrogen) atoms. The molecule has 0 aliphatic rings. The molecule has 1 aromatic rings. The van der Waals surface area contributed by atoms with E-state index in [1.54, 1.807) is 30.3 Å². The number of amides is 1. The molecule has 8 nitrogen and oxygen atoms in total. The van der Waals surface area contributed by atoms with Crippen molar-refractivity contribution in [1.29, 1.82) is 0 Å². The molecule has 1 amide bonds. The monoisotopic (exact) mass is 294 g/mol. The van der Waals surface area contributed by atoms with Gasteiger partial charge < -0.3 is 26.6 Å². The largest absolute Gasteiger partial charge is 0.480 e. The third-order valence-electron chi connectivity index (χ3n) is 2.49. The summed E-state index contributed by atoms with van der Waals surface area (Å²) in [5, 5.41) is 11.3. The standard InChI is InChI=1S/C13H18N4O4/c14-12(15)16-8-4-7-10(11(18)19)17-13(20)21-9-5-2-1-3-6-9/h1-3,5-6,10H,4,7-8H2,(H,17,20)(H,18,19)(H4,14,15,16). The summed E-state index contributed by atoms with van der Waals surface area (Å²) in [5.41, 5.74) is 10.3. The Labute approximate surface area is 121 Å². The maximum atomic E-state index is 11.6. The van der Waals surface area contributed by atoms with E-state index >= 15 is 0 Å². The van der Waals surface area contributed by atoms with Crippen LogP contribution in [0.25, 0.3) is 0 Å². The topological polar surface area (TPSA) is 140 Å². The Morgan fingerprint density at radius 3 is 2.52 bits per heavy atom. The lowest BCUT2D eigenvalue weighted by Crippen LogP contribution is -2.42. The second kappa shape index (κ2) is 8.41. The van der Waals surface area contributed by atoms with Crippen molar-refractivity contribution in [2.45, 2.75) is 18.9 Å². The quantitative estimate of drug-likeness (QED) is 0.323. The summed E-state index contributed by atoms with van der Waals surface area (Å²) in [5.74, 6) is -0.873. The van der Waals surface area contributed by atoms with E-state index in [1.165, 1.54) is 0 Å². The summed E-state index contributed by atoms with van der Waals surface area (Å²) >= 11 is 0. The molecule has 1 unspecified atom stereocenters. The van der Waals surface area contributed by atoms with Crippen LogP contribution in [0.5, 0.6) is 5.75 Å². The number of guanidine groups is 1. The molecule has 0 aliphatic heterocycles. The Morgan fingerprint density at radius 1 is 1.29 bits per heavy atom. The number of hydrogen-bond donors (Lipinski definition) is 4. The zero-order valence-electron chi connectivity index (χ0n) is 11.4. The summed E-state index contributed by atoms with van der Waals surface area (Å²) in [7, 11) is 0. The number of rotatable bonds is 7. The minimum atomic E-state index is -1.15. The first kappa shape index (κ1) is 16.3. The van der Waals surface area contributed by atoms with Crippen LogP contribution < -0.4 is 21.5 Å². The van der Waals surface area contributed by atoms with E-state index in [2.05, 4.69) is 10.3 Å². The Balaban J connectivity index is 2.44. The third-order valence-corrected chi connectivity index (χ3v) is 2.49. The van der Waals surface area contributed by atoms with Crippen molar-refractivity contribution in [3.63, 3.8) is 0 Å². The number of ether oxygens (including phenoxy) is 1. The van der Waals surface area contributed by atoms with E-state index in [1.807, 2.05) is 0 Å². The predicted octanol–water partition coefficient (Wildman–Crippen LogP) is 0.282. The first-order valence-electron chi connectivity index (χ1n) is 6.30. The molecule has 6 N–H and O–H groups in total. The van der Waals surface area contributed by atoms with Crippen molar-refractivity contribution in [2.75, 3.05) is 6.54 Å². The maximum Gasteiger partial charge on any atom is 0.413 e. The van der Waals surface area contributed by atoms with Crippen LogP contribution in [0.2, 0.25) is 0 Å². The normalized spacial score (nSPS) is 11.2. The highest BCUT2D eigenvalue weighted by molar-refractivity contribution is 5.80. The van der Waals surface area contributed by atoms with Gasteiger partial charge in [0.25, 0.3) is 0 Å². The molecule has 1 aromatic carbocycles. The van der Waals surface area contributed by atoms with E-state index in [4.69, 9.17) is 21.3 Å². The first-order valence-corrected chi connectivity index (χ1v) is 6.30. The van der Waals surface area contributed by atoms with Gasteiger partial charge in [0.2, 0.25) is 0 Å². The molecule has 0 fully saturated rings. The summed E-state index contributed by atoms with van der Waals surface area (Å²) in [6, 6.07) is 7.30. The van der Waals surface area contributed by atoms with Crippen molar-refractivity contribution < 1.29 is 19.4 Å². The molecule has 0 aliphatic carbocycles. The molecule has 0 saturated heterocycles. The van der Waals surface area contributed by atoms with Crippen LogP contribution in [0.1, 0.15) is 12.8 Å². The molecule has 0 aromatic heterocycles. The van der Waals surface area contributed by atoms with Gasteiger partial charge >= 0.3 is 12.1 Å². The number of aliphatic carboxylic acids is 1. The van der Waals surface area contributed by atoms with Crippen LogP contribution in [0.3, 0.4) is 0 Å². The molecule has 0 heterocycles. The van der Waals surface area contributed by atoms with E-state index in [-0.39, 0.29) is 12.4 Å². The second-order valence-corrected chi connectivity index (χ2v) is 4.19. The van der Waals surface area contributed by atoms with Crippen LogP contribution in [0.4, 0.5) is 4.79 Å². The molecular weight excluding hydrogens is 276 g/mol. The maximum absolute atomic E-state index is 11.6. The number of carbonyl (C=O) groups excluding carboxylic acids is 1. The van der Waals surface area contributed by atoms with Gasteiger partial charge in [-0.3, -0.25) is 4.99 Å². The lowest BCUT2D eigenvalue weighted by Gasteiger charge is -2.13. The smallest absolute Gasteiger partial charge is 0.413 e. The van der Waals surface area contributed by atoms with Crippen molar-refractivity contribution in [1.82, 2.24) is 5.32 Å². The average Bonchev–Trinajstić information content (AvgIpc) is 2.42. The molecular formula is C13H18N4O4. The molecule has 114 valence electrons. The molecule has 8 heteroatoms. The number of carbonyl (C=O) groups is 2. The van der Waals surface area contributed by atoms with E-state index in [0.29, 0.717) is 18.7 Å². The number of aliphatic imine (C=N–C) groups is 1. The van der Waals surface area contributed by atoms with Gasteiger partial charge in [0.05, 0.1) is 0 Å². The number of carboxylic acid groups (broad SMARTS) is 1. The van der Waals surface area contributed by atoms with Crippen molar-refractivity contribution >= 4 is 18.0 Å². The summed E-state index contributed by atoms with van der Waals surface area (Å²) in [6.45, 7) is 0.293. The molecule has 0 bridgehead atoms. The number of nitrogens with one attached hydrogen (secondary N) is 1. The lowest BCUT2D eigenvalue weighted by atomic mass is 10.1. The van der Waals surface area contributed by atoms with Gasteiger partial charge in [-0.25, -0.2) is 9.59 Å². The van der Waals surface area contributed by atoms with Crippen LogP contribution in [0.15, 0.2) is 35.3 Å². The number of carboxylic acids is 1. The van der Waals surface area contributed by atoms with Crippen LogP contribution in [-0.4, -0.2) is 35.7 Å². The van der Waals surface area contributed by atoms with Gasteiger partial charge in [0.1, 0.15) is 11.8 Å². The number of para-hydroxylation sites is 1. The Bertz CT molecular complexity index is 500. The first-order chi connectivity index (χ1) is 9.99. The van der Waals surface area contributed by atoms with Gasteiger partial charge in [-0.1, -0.05) is 18.2 Å². The molecule has 0 radical (unpaired) electrons. The molecule has 1 atom stereocenters. The number of hydrogen-bond acceptors (Lipinski definition) is 4.